The highest BCUT2D eigenvalue weighted by Gasteiger charge is 2.43. The maximum absolute atomic E-state index is 13.6. The lowest BCUT2D eigenvalue weighted by Gasteiger charge is -2.26. The van der Waals surface area contributed by atoms with Crippen LogP contribution in [0.1, 0.15) is 33.3 Å². The molecule has 5 rings (SSSR count). The number of benzene rings is 3. The highest BCUT2D eigenvalue weighted by molar-refractivity contribution is 5.99. The highest BCUT2D eigenvalue weighted by Crippen LogP contribution is 2.45. The Morgan fingerprint density at radius 2 is 1.57 bits per heavy atom. The predicted molar refractivity (Wildman–Crippen MR) is 127 cm³/mol. The zero-order valence-electron chi connectivity index (χ0n) is 19.3. The largest absolute Gasteiger partial charge is 0.493 e. The fourth-order valence-corrected chi connectivity index (χ4v) is 4.52. The summed E-state index contributed by atoms with van der Waals surface area (Å²) in [6.07, 6.45) is 0. The van der Waals surface area contributed by atoms with Gasteiger partial charge in [0.25, 0.3) is 5.91 Å². The smallest absolute Gasteiger partial charge is 0.291 e. The van der Waals surface area contributed by atoms with E-state index in [0.29, 0.717) is 39.3 Å². The molecule has 1 aliphatic heterocycles. The Kier molecular flexibility index (Phi) is 5.64. The van der Waals surface area contributed by atoms with Crippen molar-refractivity contribution in [2.75, 3.05) is 21.3 Å². The predicted octanol–water partition coefficient (Wildman–Crippen LogP) is 4.70. The van der Waals surface area contributed by atoms with Gasteiger partial charge < -0.3 is 23.5 Å². The number of amides is 1. The lowest BCUT2D eigenvalue weighted by Crippen LogP contribution is -2.29. The lowest BCUT2D eigenvalue weighted by molar-refractivity contribution is 0.0714. The van der Waals surface area contributed by atoms with Gasteiger partial charge >= 0.3 is 0 Å². The van der Waals surface area contributed by atoms with Gasteiger partial charge in [0.15, 0.2) is 16.9 Å². The summed E-state index contributed by atoms with van der Waals surface area (Å²) in [4.78, 5) is 28.8. The second-order valence-corrected chi connectivity index (χ2v) is 8.09. The number of para-hydroxylation sites is 1. The summed E-state index contributed by atoms with van der Waals surface area (Å²) in [5.74, 6) is 0.317. The third-order valence-corrected chi connectivity index (χ3v) is 6.14. The van der Waals surface area contributed by atoms with Gasteiger partial charge in [-0.15, -0.1) is 0 Å². The number of hydrogen-bond donors (Lipinski definition) is 0. The molecule has 35 heavy (non-hydrogen) atoms. The SMILES string of the molecule is COc1cc([C@@H]2c3c(oc4ccccc4c3=O)C(=O)N2Cc2ccc(F)cc2)cc(OC)c1OC. The molecule has 0 bridgehead atoms. The van der Waals surface area contributed by atoms with E-state index in [1.807, 2.05) is 0 Å². The van der Waals surface area contributed by atoms with Crippen LogP contribution in [0.2, 0.25) is 0 Å². The van der Waals surface area contributed by atoms with Gasteiger partial charge in [0, 0.05) is 6.54 Å². The number of nitrogens with zero attached hydrogens (tertiary/aromatic N) is 1. The number of carbonyl (C=O) groups is 1. The molecule has 0 N–H and O–H groups in total. The average molecular weight is 475 g/mol. The Morgan fingerprint density at radius 1 is 0.914 bits per heavy atom. The minimum Gasteiger partial charge on any atom is -0.493 e. The van der Waals surface area contributed by atoms with E-state index in [9.17, 15) is 14.0 Å². The van der Waals surface area contributed by atoms with Crippen molar-refractivity contribution in [3.63, 3.8) is 0 Å². The molecule has 4 aromatic rings. The van der Waals surface area contributed by atoms with Crippen LogP contribution in [0.3, 0.4) is 0 Å². The van der Waals surface area contributed by atoms with Gasteiger partial charge in [-0.3, -0.25) is 9.59 Å². The zero-order valence-corrected chi connectivity index (χ0v) is 19.3. The Bertz CT molecular complexity index is 1470. The first-order chi connectivity index (χ1) is 17.0. The van der Waals surface area contributed by atoms with Crippen LogP contribution in [-0.4, -0.2) is 32.1 Å². The van der Waals surface area contributed by atoms with Gasteiger partial charge in [0.05, 0.1) is 38.3 Å². The molecule has 2 heterocycles. The maximum atomic E-state index is 13.6. The third kappa shape index (κ3) is 3.67. The molecule has 0 spiro atoms. The summed E-state index contributed by atoms with van der Waals surface area (Å²) in [7, 11) is 4.48. The van der Waals surface area contributed by atoms with Crippen LogP contribution in [0.4, 0.5) is 4.39 Å². The number of halogens is 1. The second-order valence-electron chi connectivity index (χ2n) is 8.09. The van der Waals surface area contributed by atoms with Gasteiger partial charge in [-0.05, 0) is 47.5 Å². The van der Waals surface area contributed by atoms with Crippen LogP contribution >= 0.6 is 0 Å². The third-order valence-electron chi connectivity index (χ3n) is 6.14. The van der Waals surface area contributed by atoms with Crippen LogP contribution < -0.4 is 19.6 Å². The number of methoxy groups -OCH3 is 3. The first-order valence-electron chi connectivity index (χ1n) is 10.9. The Labute approximate surface area is 200 Å². The Morgan fingerprint density at radius 3 is 2.20 bits per heavy atom. The first kappa shape index (κ1) is 22.5. The molecule has 1 atom stereocenters. The lowest BCUT2D eigenvalue weighted by atomic mass is 9.97. The summed E-state index contributed by atoms with van der Waals surface area (Å²) in [6.45, 7) is 0.125. The van der Waals surface area contributed by atoms with E-state index in [-0.39, 0.29) is 29.1 Å². The molecule has 0 aliphatic carbocycles. The molecule has 0 unspecified atom stereocenters. The maximum Gasteiger partial charge on any atom is 0.291 e. The molecular formula is C27H22FNO6. The number of rotatable bonds is 6. The molecule has 7 nitrogen and oxygen atoms in total. The fraction of sp³-hybridized carbons (Fsp3) is 0.185. The summed E-state index contributed by atoms with van der Waals surface area (Å²) in [5, 5.41) is 0.375. The van der Waals surface area contributed by atoms with Crippen molar-refractivity contribution >= 4 is 16.9 Å². The van der Waals surface area contributed by atoms with E-state index in [1.165, 1.54) is 38.4 Å². The first-order valence-corrected chi connectivity index (χ1v) is 10.9. The molecule has 1 aromatic heterocycles. The minimum absolute atomic E-state index is 0.0189. The minimum atomic E-state index is -0.794. The summed E-state index contributed by atoms with van der Waals surface area (Å²) < 4.78 is 35.9. The van der Waals surface area contributed by atoms with Crippen LogP contribution in [0.25, 0.3) is 11.0 Å². The second kappa shape index (κ2) is 8.79. The van der Waals surface area contributed by atoms with Crippen molar-refractivity contribution < 1.29 is 27.8 Å². The topological polar surface area (TPSA) is 78.2 Å². The highest BCUT2D eigenvalue weighted by atomic mass is 19.1. The van der Waals surface area contributed by atoms with Crippen LogP contribution in [0.5, 0.6) is 17.2 Å². The van der Waals surface area contributed by atoms with Crippen LogP contribution in [-0.2, 0) is 6.54 Å². The van der Waals surface area contributed by atoms with E-state index >= 15 is 0 Å². The molecule has 1 aliphatic rings. The normalized spacial score (nSPS) is 14.8. The van der Waals surface area contributed by atoms with E-state index in [2.05, 4.69) is 0 Å². The Hall–Kier alpha value is -4.33. The van der Waals surface area contributed by atoms with E-state index in [4.69, 9.17) is 18.6 Å². The Balaban J connectivity index is 1.75. The van der Waals surface area contributed by atoms with Gasteiger partial charge in [0.1, 0.15) is 11.4 Å². The summed E-state index contributed by atoms with van der Waals surface area (Å²) in [5.41, 5.74) is 1.54. The van der Waals surface area contributed by atoms with E-state index in [1.54, 1.807) is 48.5 Å². The van der Waals surface area contributed by atoms with Crippen molar-refractivity contribution in [2.45, 2.75) is 12.6 Å². The molecule has 0 saturated carbocycles. The molecule has 3 aromatic carbocycles. The van der Waals surface area contributed by atoms with Gasteiger partial charge in [0.2, 0.25) is 11.5 Å². The summed E-state index contributed by atoms with van der Waals surface area (Å²) in [6, 6.07) is 15.3. The monoisotopic (exact) mass is 475 g/mol. The van der Waals surface area contributed by atoms with Gasteiger partial charge in [-0.2, -0.15) is 0 Å². The number of fused-ring (bicyclic) bond motifs is 2. The van der Waals surface area contributed by atoms with Crippen molar-refractivity contribution in [2.24, 2.45) is 0 Å². The van der Waals surface area contributed by atoms with Crippen LogP contribution in [0, 0.1) is 5.82 Å². The number of carbonyl (C=O) groups excluding carboxylic acids is 1. The van der Waals surface area contributed by atoms with E-state index in [0.717, 1.165) is 0 Å². The molecular weight excluding hydrogens is 453 g/mol. The van der Waals surface area contributed by atoms with Crippen molar-refractivity contribution in [3.05, 3.63) is 99.2 Å². The molecule has 0 saturated heterocycles. The molecule has 178 valence electrons. The zero-order chi connectivity index (χ0) is 24.7. The standard InChI is InChI=1S/C27H22FNO6/c1-32-20-12-16(13-21(33-2)25(20)34-3)23-22-24(30)18-6-4-5-7-19(18)35-26(22)27(31)29(23)14-15-8-10-17(28)11-9-15/h4-13,23H,14H2,1-3H3/t23-/m1/s1. The molecule has 0 fully saturated rings. The van der Waals surface area contributed by atoms with Crippen molar-refractivity contribution in [1.82, 2.24) is 4.90 Å². The van der Waals surface area contributed by atoms with Crippen molar-refractivity contribution in [3.8, 4) is 17.2 Å². The average Bonchev–Trinajstić information content (AvgIpc) is 3.16. The number of ether oxygens (including phenoxy) is 3. The van der Waals surface area contributed by atoms with Crippen molar-refractivity contribution in [1.29, 1.82) is 0 Å². The number of hydrogen-bond acceptors (Lipinski definition) is 6. The fourth-order valence-electron chi connectivity index (χ4n) is 4.52. The molecule has 8 heteroatoms. The quantitative estimate of drug-likeness (QED) is 0.402. The summed E-state index contributed by atoms with van der Waals surface area (Å²) >= 11 is 0. The molecule has 1 amide bonds. The van der Waals surface area contributed by atoms with Gasteiger partial charge in [-0.25, -0.2) is 4.39 Å². The van der Waals surface area contributed by atoms with Crippen LogP contribution in [0.15, 0.2) is 69.9 Å². The van der Waals surface area contributed by atoms with E-state index < -0.39 is 11.9 Å². The van der Waals surface area contributed by atoms with Gasteiger partial charge in [-0.1, -0.05) is 24.3 Å². The molecule has 0 radical (unpaired) electrons.